The quantitative estimate of drug-likeness (QED) is 0.392. The highest BCUT2D eigenvalue weighted by atomic mass is 32.2. The van der Waals surface area contributed by atoms with E-state index in [4.69, 9.17) is 0 Å². The average molecular weight is 533 g/mol. The second-order valence-electron chi connectivity index (χ2n) is 7.80. The molecular weight excluding hydrogens is 508 g/mol. The Labute approximate surface area is 195 Å². The second kappa shape index (κ2) is 11.1. The van der Waals surface area contributed by atoms with Crippen molar-refractivity contribution in [2.24, 2.45) is 0 Å². The minimum Gasteiger partial charge on any atom is -0.383 e. The third kappa shape index (κ3) is 10.9. The summed E-state index contributed by atoms with van der Waals surface area (Å²) in [5, 5.41) is 19.8. The SMILES string of the molecule is C[C@@](O)(COS(C)(=O)=O)c1cc(F)cc(F)c1.C[C@@](O)(COS(C)(=O)=O)c1cc(F)cc(F)c1. The van der Waals surface area contributed by atoms with E-state index in [1.165, 1.54) is 13.8 Å². The zero-order valence-electron chi connectivity index (χ0n) is 18.6. The first-order chi connectivity index (χ1) is 15.2. The molecule has 0 unspecified atom stereocenters. The number of hydrogen-bond acceptors (Lipinski definition) is 8. The van der Waals surface area contributed by atoms with Crippen molar-refractivity contribution in [3.05, 3.63) is 70.8 Å². The highest BCUT2D eigenvalue weighted by Gasteiger charge is 2.27. The van der Waals surface area contributed by atoms with Crippen molar-refractivity contribution >= 4 is 20.2 Å². The van der Waals surface area contributed by atoms with E-state index in [0.29, 0.717) is 12.1 Å². The van der Waals surface area contributed by atoms with Crippen molar-refractivity contribution in [2.45, 2.75) is 25.0 Å². The summed E-state index contributed by atoms with van der Waals surface area (Å²) in [6.07, 6.45) is 1.63. The number of aliphatic hydroxyl groups is 2. The smallest absolute Gasteiger partial charge is 0.264 e. The molecule has 2 rings (SSSR count). The van der Waals surface area contributed by atoms with Crippen LogP contribution >= 0.6 is 0 Å². The van der Waals surface area contributed by atoms with Crippen LogP contribution in [0.4, 0.5) is 17.6 Å². The van der Waals surface area contributed by atoms with Crippen LogP contribution in [0.1, 0.15) is 25.0 Å². The normalized spacial score (nSPS) is 15.6. The van der Waals surface area contributed by atoms with Gasteiger partial charge in [-0.1, -0.05) is 0 Å². The third-order valence-electron chi connectivity index (χ3n) is 4.08. The van der Waals surface area contributed by atoms with Crippen LogP contribution in [0.5, 0.6) is 0 Å². The summed E-state index contributed by atoms with van der Waals surface area (Å²) >= 11 is 0. The van der Waals surface area contributed by atoms with Gasteiger partial charge in [0, 0.05) is 12.1 Å². The van der Waals surface area contributed by atoms with Crippen LogP contribution in [0.15, 0.2) is 36.4 Å². The molecule has 14 heteroatoms. The maximum Gasteiger partial charge on any atom is 0.264 e. The van der Waals surface area contributed by atoms with Crippen LogP contribution in [0.2, 0.25) is 0 Å². The van der Waals surface area contributed by atoms with Crippen molar-refractivity contribution in [1.29, 1.82) is 0 Å². The van der Waals surface area contributed by atoms with Gasteiger partial charge in [0.25, 0.3) is 20.2 Å². The van der Waals surface area contributed by atoms with Crippen molar-refractivity contribution in [3.63, 3.8) is 0 Å². The largest absolute Gasteiger partial charge is 0.383 e. The van der Waals surface area contributed by atoms with Gasteiger partial charge in [-0.25, -0.2) is 17.6 Å². The monoisotopic (exact) mass is 532 g/mol. The summed E-state index contributed by atoms with van der Waals surface area (Å²) in [6, 6.07) is 4.95. The summed E-state index contributed by atoms with van der Waals surface area (Å²) in [4.78, 5) is 0. The Morgan fingerprint density at radius 2 is 0.882 bits per heavy atom. The fraction of sp³-hybridized carbons (Fsp3) is 0.400. The highest BCUT2D eigenvalue weighted by Crippen LogP contribution is 2.24. The van der Waals surface area contributed by atoms with Gasteiger partial charge in [0.1, 0.15) is 34.5 Å². The molecule has 34 heavy (non-hydrogen) atoms. The summed E-state index contributed by atoms with van der Waals surface area (Å²) in [5.74, 6) is -3.45. The molecule has 8 nitrogen and oxygen atoms in total. The van der Waals surface area contributed by atoms with Crippen molar-refractivity contribution in [2.75, 3.05) is 25.7 Å². The zero-order chi connectivity index (χ0) is 26.5. The fourth-order valence-corrected chi connectivity index (χ4v) is 3.23. The molecular formula is C20H24F4O8S2. The predicted octanol–water partition coefficient (Wildman–Crippen LogP) is 2.30. The molecule has 0 aliphatic heterocycles. The first-order valence-electron chi connectivity index (χ1n) is 9.27. The lowest BCUT2D eigenvalue weighted by molar-refractivity contribution is 0.00949. The Bertz CT molecular complexity index is 1080. The van der Waals surface area contributed by atoms with Crippen molar-refractivity contribution in [1.82, 2.24) is 0 Å². The molecule has 0 bridgehead atoms. The summed E-state index contributed by atoms with van der Waals surface area (Å²) in [5.41, 5.74) is -3.80. The van der Waals surface area contributed by atoms with E-state index in [1.807, 2.05) is 0 Å². The molecule has 0 aliphatic carbocycles. The Hall–Kier alpha value is -2.10. The van der Waals surface area contributed by atoms with Gasteiger partial charge in [0.2, 0.25) is 0 Å². The second-order valence-corrected chi connectivity index (χ2v) is 11.1. The van der Waals surface area contributed by atoms with E-state index in [-0.39, 0.29) is 11.1 Å². The number of benzene rings is 2. The summed E-state index contributed by atoms with van der Waals surface area (Å²) in [6.45, 7) is 1.17. The molecule has 192 valence electrons. The van der Waals surface area contributed by atoms with Gasteiger partial charge in [-0.15, -0.1) is 0 Å². The molecule has 0 spiro atoms. The Balaban J connectivity index is 0.000000340. The lowest BCUT2D eigenvalue weighted by Gasteiger charge is -2.23. The maximum absolute atomic E-state index is 12.9. The van der Waals surface area contributed by atoms with Crippen molar-refractivity contribution < 1.29 is 53.0 Å². The molecule has 2 atom stereocenters. The molecule has 2 aromatic carbocycles. The summed E-state index contributed by atoms with van der Waals surface area (Å²) in [7, 11) is -7.47. The highest BCUT2D eigenvalue weighted by molar-refractivity contribution is 7.86. The Kier molecular flexibility index (Phi) is 9.77. The van der Waals surface area contributed by atoms with Gasteiger partial charge in [-0.2, -0.15) is 16.8 Å². The van der Waals surface area contributed by atoms with Gasteiger partial charge in [0.15, 0.2) is 0 Å². The van der Waals surface area contributed by atoms with Crippen LogP contribution in [-0.4, -0.2) is 52.8 Å². The van der Waals surface area contributed by atoms with Gasteiger partial charge in [-0.3, -0.25) is 8.37 Å². The van der Waals surface area contributed by atoms with E-state index in [9.17, 15) is 44.6 Å². The average Bonchev–Trinajstić information content (AvgIpc) is 2.63. The molecule has 0 amide bonds. The molecule has 2 N–H and O–H groups in total. The van der Waals surface area contributed by atoms with Crippen LogP contribution in [0.25, 0.3) is 0 Å². The van der Waals surface area contributed by atoms with Crippen molar-refractivity contribution in [3.8, 4) is 0 Å². The molecule has 0 radical (unpaired) electrons. The number of halogens is 4. The first kappa shape index (κ1) is 29.9. The van der Waals surface area contributed by atoms with E-state index < -0.39 is 67.9 Å². The lowest BCUT2D eigenvalue weighted by Crippen LogP contribution is -2.29. The predicted molar refractivity (Wildman–Crippen MR) is 113 cm³/mol. The van der Waals surface area contributed by atoms with E-state index in [1.54, 1.807) is 0 Å². The molecule has 0 fully saturated rings. The molecule has 0 saturated heterocycles. The fourth-order valence-electron chi connectivity index (χ4n) is 2.34. The van der Waals surface area contributed by atoms with E-state index in [2.05, 4.69) is 8.37 Å². The van der Waals surface area contributed by atoms with Crippen LogP contribution in [-0.2, 0) is 39.8 Å². The van der Waals surface area contributed by atoms with E-state index >= 15 is 0 Å². The molecule has 2 aromatic rings. The lowest BCUT2D eigenvalue weighted by atomic mass is 9.97. The standard InChI is InChI=1S/2C10H12F2O4S/c2*1-10(13,6-16-17(2,14)15)7-3-8(11)5-9(12)4-7/h2*3-5,13H,6H2,1-2H3/t2*10-/m11/s1. The molecule has 0 aliphatic rings. The topological polar surface area (TPSA) is 127 Å². The number of rotatable bonds is 8. The first-order valence-corrected chi connectivity index (χ1v) is 12.9. The minimum atomic E-state index is -3.73. The molecule has 0 aromatic heterocycles. The summed E-state index contributed by atoms with van der Waals surface area (Å²) < 4.78 is 104. The molecule has 0 heterocycles. The van der Waals surface area contributed by atoms with Crippen LogP contribution in [0, 0.1) is 23.3 Å². The number of hydrogen-bond donors (Lipinski definition) is 2. The van der Waals surface area contributed by atoms with Gasteiger partial charge in [0.05, 0.1) is 25.7 Å². The molecule has 0 saturated carbocycles. The van der Waals surface area contributed by atoms with Crippen LogP contribution in [0.3, 0.4) is 0 Å². The van der Waals surface area contributed by atoms with E-state index in [0.717, 1.165) is 36.8 Å². The van der Waals surface area contributed by atoms with Gasteiger partial charge >= 0.3 is 0 Å². The van der Waals surface area contributed by atoms with Gasteiger partial charge in [-0.05, 0) is 49.2 Å². The Morgan fingerprint density at radius 3 is 1.09 bits per heavy atom. The maximum atomic E-state index is 12.9. The zero-order valence-corrected chi connectivity index (χ0v) is 20.2. The van der Waals surface area contributed by atoms with Crippen LogP contribution < -0.4 is 0 Å². The van der Waals surface area contributed by atoms with Gasteiger partial charge < -0.3 is 10.2 Å². The minimum absolute atomic E-state index is 0.0985. The Morgan fingerprint density at radius 1 is 0.647 bits per heavy atom. The third-order valence-corrected chi connectivity index (χ3v) is 5.17.